The maximum atomic E-state index is 11.9. The molecule has 2 heterocycles. The molecule has 4 nitrogen and oxygen atoms in total. The summed E-state index contributed by atoms with van der Waals surface area (Å²) in [6.45, 7) is 6.20. The second-order valence-electron chi connectivity index (χ2n) is 4.64. The number of piperidine rings is 1. The summed E-state index contributed by atoms with van der Waals surface area (Å²) in [5.74, 6) is 0.349. The first kappa shape index (κ1) is 13.1. The standard InChI is InChI=1S/C13H18ClN3O/c1-11(8-14)10-17-13(18)7-12(9-15-17)16-5-3-2-4-6-16/h7,9H,1-6,8,10H2. The van der Waals surface area contributed by atoms with Crippen LogP contribution in [0.3, 0.4) is 0 Å². The summed E-state index contributed by atoms with van der Waals surface area (Å²) < 4.78 is 1.40. The first-order chi connectivity index (χ1) is 8.70. The highest BCUT2D eigenvalue weighted by Crippen LogP contribution is 2.16. The Labute approximate surface area is 112 Å². The molecule has 1 aromatic heterocycles. The Morgan fingerprint density at radius 2 is 2.11 bits per heavy atom. The quantitative estimate of drug-likeness (QED) is 0.619. The van der Waals surface area contributed by atoms with Crippen molar-refractivity contribution in [1.82, 2.24) is 9.78 Å². The molecule has 0 aliphatic carbocycles. The molecule has 2 rings (SSSR count). The maximum Gasteiger partial charge on any atom is 0.269 e. The van der Waals surface area contributed by atoms with E-state index in [2.05, 4.69) is 16.6 Å². The zero-order chi connectivity index (χ0) is 13.0. The number of allylic oxidation sites excluding steroid dienone is 1. The Hall–Kier alpha value is -1.29. The minimum Gasteiger partial charge on any atom is -0.370 e. The van der Waals surface area contributed by atoms with E-state index in [0.717, 1.165) is 24.4 Å². The van der Waals surface area contributed by atoms with Crippen molar-refractivity contribution < 1.29 is 0 Å². The second-order valence-corrected chi connectivity index (χ2v) is 4.91. The van der Waals surface area contributed by atoms with Gasteiger partial charge in [0.05, 0.1) is 18.4 Å². The Bertz CT molecular complexity index is 477. The summed E-state index contributed by atoms with van der Waals surface area (Å²) in [6.07, 6.45) is 5.41. The van der Waals surface area contributed by atoms with Crippen LogP contribution >= 0.6 is 11.6 Å². The van der Waals surface area contributed by atoms with E-state index in [-0.39, 0.29) is 5.56 Å². The van der Waals surface area contributed by atoms with Gasteiger partial charge < -0.3 is 4.90 Å². The highest BCUT2D eigenvalue weighted by molar-refractivity contribution is 6.19. The lowest BCUT2D eigenvalue weighted by atomic mass is 10.1. The van der Waals surface area contributed by atoms with Gasteiger partial charge in [-0.25, -0.2) is 4.68 Å². The minimum absolute atomic E-state index is 0.0932. The summed E-state index contributed by atoms with van der Waals surface area (Å²) in [6, 6.07) is 1.65. The molecule has 1 fully saturated rings. The SMILES string of the molecule is C=C(CCl)Cn1ncc(N2CCCCC2)cc1=O. The van der Waals surface area contributed by atoms with E-state index in [1.54, 1.807) is 12.3 Å². The zero-order valence-corrected chi connectivity index (χ0v) is 11.2. The lowest BCUT2D eigenvalue weighted by Crippen LogP contribution is -2.32. The van der Waals surface area contributed by atoms with E-state index in [9.17, 15) is 4.79 Å². The molecular weight excluding hydrogens is 250 g/mol. The predicted octanol–water partition coefficient (Wildman–Crippen LogP) is 2.03. The predicted molar refractivity (Wildman–Crippen MR) is 74.4 cm³/mol. The van der Waals surface area contributed by atoms with Gasteiger partial charge in [0.15, 0.2) is 0 Å². The van der Waals surface area contributed by atoms with E-state index < -0.39 is 0 Å². The molecule has 1 saturated heterocycles. The van der Waals surface area contributed by atoms with Gasteiger partial charge in [-0.2, -0.15) is 5.10 Å². The molecule has 0 spiro atoms. The topological polar surface area (TPSA) is 38.1 Å². The monoisotopic (exact) mass is 267 g/mol. The summed E-state index contributed by atoms with van der Waals surface area (Å²) in [5, 5.41) is 4.18. The normalized spacial score (nSPS) is 15.7. The van der Waals surface area contributed by atoms with Gasteiger partial charge in [0, 0.05) is 25.0 Å². The minimum atomic E-state index is -0.0932. The van der Waals surface area contributed by atoms with Crippen LogP contribution in [0.15, 0.2) is 29.2 Å². The molecule has 0 radical (unpaired) electrons. The van der Waals surface area contributed by atoms with E-state index in [1.165, 1.54) is 23.9 Å². The molecule has 0 atom stereocenters. The van der Waals surface area contributed by atoms with E-state index >= 15 is 0 Å². The number of nitrogens with zero attached hydrogens (tertiary/aromatic N) is 3. The van der Waals surface area contributed by atoms with Crippen LogP contribution in [0, 0.1) is 0 Å². The van der Waals surface area contributed by atoms with Gasteiger partial charge in [0.2, 0.25) is 0 Å². The number of aromatic nitrogens is 2. The number of hydrogen-bond donors (Lipinski definition) is 0. The van der Waals surface area contributed by atoms with Gasteiger partial charge in [0.1, 0.15) is 0 Å². The van der Waals surface area contributed by atoms with Crippen molar-refractivity contribution in [3.05, 3.63) is 34.8 Å². The number of hydrogen-bond acceptors (Lipinski definition) is 3. The van der Waals surface area contributed by atoms with Gasteiger partial charge in [-0.1, -0.05) is 6.58 Å². The molecule has 0 bridgehead atoms. The summed E-state index contributed by atoms with van der Waals surface area (Å²) in [5.41, 5.74) is 1.62. The smallest absolute Gasteiger partial charge is 0.269 e. The van der Waals surface area contributed by atoms with Gasteiger partial charge in [-0.05, 0) is 24.8 Å². The number of alkyl halides is 1. The Balaban J connectivity index is 2.13. The average molecular weight is 268 g/mol. The molecule has 1 aliphatic rings. The van der Waals surface area contributed by atoms with Gasteiger partial charge in [-0.3, -0.25) is 4.79 Å². The van der Waals surface area contributed by atoms with Gasteiger partial charge in [-0.15, -0.1) is 11.6 Å². The van der Waals surface area contributed by atoms with Crippen molar-refractivity contribution in [3.8, 4) is 0 Å². The second kappa shape index (κ2) is 6.05. The molecular formula is C13H18ClN3O. The largest absolute Gasteiger partial charge is 0.370 e. The van der Waals surface area contributed by atoms with E-state index in [4.69, 9.17) is 11.6 Å². The summed E-state index contributed by atoms with van der Waals surface area (Å²) in [4.78, 5) is 14.1. The molecule has 5 heteroatoms. The molecule has 18 heavy (non-hydrogen) atoms. The number of anilines is 1. The molecule has 0 unspecified atom stereocenters. The maximum absolute atomic E-state index is 11.9. The average Bonchev–Trinajstić information content (AvgIpc) is 2.42. The Kier molecular flexibility index (Phi) is 4.42. The molecule has 0 saturated carbocycles. The molecule has 0 N–H and O–H groups in total. The zero-order valence-electron chi connectivity index (χ0n) is 10.4. The van der Waals surface area contributed by atoms with Crippen LogP contribution < -0.4 is 10.5 Å². The lowest BCUT2D eigenvalue weighted by molar-refractivity contribution is 0.571. The van der Waals surface area contributed by atoms with Gasteiger partial charge in [0.25, 0.3) is 5.56 Å². The first-order valence-electron chi connectivity index (χ1n) is 6.25. The number of halogens is 1. The third kappa shape index (κ3) is 3.13. The molecule has 0 aromatic carbocycles. The van der Waals surface area contributed by atoms with Crippen LogP contribution in [0.5, 0.6) is 0 Å². The van der Waals surface area contributed by atoms with Crippen LogP contribution in [-0.4, -0.2) is 28.8 Å². The van der Waals surface area contributed by atoms with Crippen molar-refractivity contribution in [1.29, 1.82) is 0 Å². The van der Waals surface area contributed by atoms with Crippen molar-refractivity contribution in [2.75, 3.05) is 23.9 Å². The van der Waals surface area contributed by atoms with Crippen molar-refractivity contribution in [2.45, 2.75) is 25.8 Å². The van der Waals surface area contributed by atoms with Crippen LogP contribution in [0.25, 0.3) is 0 Å². The fraction of sp³-hybridized carbons (Fsp3) is 0.538. The third-order valence-corrected chi connectivity index (χ3v) is 3.52. The fourth-order valence-electron chi connectivity index (χ4n) is 2.12. The Morgan fingerprint density at radius 1 is 1.39 bits per heavy atom. The van der Waals surface area contributed by atoms with Crippen molar-refractivity contribution >= 4 is 17.3 Å². The third-order valence-electron chi connectivity index (χ3n) is 3.14. The van der Waals surface area contributed by atoms with Crippen LogP contribution in [0.1, 0.15) is 19.3 Å². The number of rotatable bonds is 4. The molecule has 0 amide bonds. The van der Waals surface area contributed by atoms with E-state index in [1.807, 2.05) is 0 Å². The summed E-state index contributed by atoms with van der Waals surface area (Å²) >= 11 is 5.66. The van der Waals surface area contributed by atoms with Crippen molar-refractivity contribution in [3.63, 3.8) is 0 Å². The molecule has 1 aliphatic heterocycles. The van der Waals surface area contributed by atoms with E-state index in [0.29, 0.717) is 12.4 Å². The summed E-state index contributed by atoms with van der Waals surface area (Å²) in [7, 11) is 0. The highest BCUT2D eigenvalue weighted by Gasteiger charge is 2.12. The van der Waals surface area contributed by atoms with Crippen LogP contribution in [-0.2, 0) is 6.54 Å². The fourth-order valence-corrected chi connectivity index (χ4v) is 2.21. The van der Waals surface area contributed by atoms with Crippen LogP contribution in [0.4, 0.5) is 5.69 Å². The first-order valence-corrected chi connectivity index (χ1v) is 6.79. The van der Waals surface area contributed by atoms with Crippen molar-refractivity contribution in [2.24, 2.45) is 0 Å². The van der Waals surface area contributed by atoms with Gasteiger partial charge >= 0.3 is 0 Å². The van der Waals surface area contributed by atoms with Crippen LogP contribution in [0.2, 0.25) is 0 Å². The Morgan fingerprint density at radius 3 is 2.72 bits per heavy atom. The highest BCUT2D eigenvalue weighted by atomic mass is 35.5. The lowest BCUT2D eigenvalue weighted by Gasteiger charge is -2.28. The molecule has 1 aromatic rings. The molecule has 98 valence electrons.